The molecule has 1 N–H and O–H groups in total. The van der Waals surface area contributed by atoms with Crippen LogP contribution in [0.4, 0.5) is 5.69 Å². The van der Waals surface area contributed by atoms with Crippen molar-refractivity contribution in [1.29, 1.82) is 0 Å². The number of hydrogen-bond donors (Lipinski definition) is 1. The number of fused-ring (bicyclic) bond motifs is 1. The number of nitro benzene ring substituents is 1. The molecule has 1 amide bonds. The molecule has 3 rings (SSSR count). The molecule has 0 unspecified atom stereocenters. The first kappa shape index (κ1) is 14.8. The number of aromatic hydroxyl groups is 1. The fourth-order valence-corrected chi connectivity index (χ4v) is 3.35. The molecule has 0 bridgehead atoms. The number of phenols is 1. The predicted octanol–water partition coefficient (Wildman–Crippen LogP) is 2.08. The predicted molar refractivity (Wildman–Crippen MR) is 77.8 cm³/mol. The van der Waals surface area contributed by atoms with Crippen LogP contribution in [0, 0.1) is 10.1 Å². The molecule has 1 aromatic carbocycles. The van der Waals surface area contributed by atoms with Crippen LogP contribution in [0.3, 0.4) is 0 Å². The summed E-state index contributed by atoms with van der Waals surface area (Å²) in [6.45, 7) is 0.907. The van der Waals surface area contributed by atoms with Crippen LogP contribution in [0.1, 0.15) is 36.0 Å². The summed E-state index contributed by atoms with van der Waals surface area (Å²) < 4.78 is 5.73. The lowest BCUT2D eigenvalue weighted by Gasteiger charge is -2.43. The van der Waals surface area contributed by atoms with Crippen molar-refractivity contribution in [2.75, 3.05) is 13.2 Å². The van der Waals surface area contributed by atoms with Crippen LogP contribution in [0.25, 0.3) is 0 Å². The van der Waals surface area contributed by atoms with Gasteiger partial charge in [-0.15, -0.1) is 0 Å². The molecule has 22 heavy (non-hydrogen) atoms. The minimum absolute atomic E-state index is 0.00587. The molecule has 2 atom stereocenters. The van der Waals surface area contributed by atoms with E-state index < -0.39 is 16.4 Å². The van der Waals surface area contributed by atoms with E-state index >= 15 is 0 Å². The topological polar surface area (TPSA) is 92.9 Å². The largest absolute Gasteiger partial charge is 0.502 e. The van der Waals surface area contributed by atoms with E-state index in [1.807, 2.05) is 0 Å². The zero-order valence-corrected chi connectivity index (χ0v) is 12.1. The van der Waals surface area contributed by atoms with Crippen LogP contribution in [0.5, 0.6) is 5.75 Å². The smallest absolute Gasteiger partial charge is 0.311 e. The van der Waals surface area contributed by atoms with Gasteiger partial charge in [-0.1, -0.05) is 18.9 Å². The van der Waals surface area contributed by atoms with E-state index in [-0.39, 0.29) is 23.6 Å². The van der Waals surface area contributed by atoms with Crippen molar-refractivity contribution in [2.24, 2.45) is 0 Å². The second-order valence-electron chi connectivity index (χ2n) is 5.69. The number of amides is 1. The number of ether oxygens (including phenoxy) is 1. The highest BCUT2D eigenvalue weighted by molar-refractivity contribution is 5.98. The zero-order chi connectivity index (χ0) is 15.7. The molecule has 2 aliphatic rings. The van der Waals surface area contributed by atoms with Crippen LogP contribution < -0.4 is 0 Å². The van der Waals surface area contributed by atoms with Gasteiger partial charge in [0, 0.05) is 12.6 Å². The Labute approximate surface area is 127 Å². The Bertz CT molecular complexity index is 602. The Hall–Kier alpha value is -2.15. The van der Waals surface area contributed by atoms with Gasteiger partial charge in [-0.25, -0.2) is 0 Å². The van der Waals surface area contributed by atoms with E-state index in [9.17, 15) is 20.0 Å². The SMILES string of the molecule is O=C(c1cccc([N+](=O)[O-])c1O)N1CCO[C@@H]2CCCC[C@H]21. The van der Waals surface area contributed by atoms with Crippen molar-refractivity contribution in [1.82, 2.24) is 4.90 Å². The van der Waals surface area contributed by atoms with E-state index in [1.54, 1.807) is 4.90 Å². The molecule has 7 nitrogen and oxygen atoms in total. The molecular formula is C15H18N2O5. The van der Waals surface area contributed by atoms with Gasteiger partial charge in [0.25, 0.3) is 5.91 Å². The van der Waals surface area contributed by atoms with E-state index in [0.717, 1.165) is 25.7 Å². The third-order valence-corrected chi connectivity index (χ3v) is 4.43. The molecule has 0 spiro atoms. The van der Waals surface area contributed by atoms with Crippen LogP contribution in [-0.2, 0) is 4.74 Å². The van der Waals surface area contributed by atoms with E-state index in [1.165, 1.54) is 18.2 Å². The number of nitro groups is 1. The van der Waals surface area contributed by atoms with Crippen molar-refractivity contribution >= 4 is 11.6 Å². The normalized spacial score (nSPS) is 24.6. The van der Waals surface area contributed by atoms with E-state index in [0.29, 0.717) is 13.2 Å². The number of hydrogen-bond acceptors (Lipinski definition) is 5. The molecule has 1 heterocycles. The lowest BCUT2D eigenvalue weighted by Crippen LogP contribution is -2.54. The summed E-state index contributed by atoms with van der Waals surface area (Å²) in [5, 5.41) is 20.9. The molecular weight excluding hydrogens is 288 g/mol. The maximum atomic E-state index is 12.7. The van der Waals surface area contributed by atoms with Gasteiger partial charge in [0.1, 0.15) is 0 Å². The fraction of sp³-hybridized carbons (Fsp3) is 0.533. The second kappa shape index (κ2) is 5.92. The van der Waals surface area contributed by atoms with Gasteiger partial charge >= 0.3 is 5.69 Å². The van der Waals surface area contributed by atoms with Crippen LogP contribution in [-0.4, -0.2) is 46.1 Å². The summed E-state index contributed by atoms with van der Waals surface area (Å²) >= 11 is 0. The molecule has 0 aromatic heterocycles. The Morgan fingerprint density at radius 2 is 2.14 bits per heavy atom. The average molecular weight is 306 g/mol. The Kier molecular flexibility index (Phi) is 3.98. The van der Waals surface area contributed by atoms with Gasteiger partial charge in [-0.3, -0.25) is 14.9 Å². The Balaban J connectivity index is 1.90. The monoisotopic (exact) mass is 306 g/mol. The Morgan fingerprint density at radius 1 is 1.36 bits per heavy atom. The van der Waals surface area contributed by atoms with Gasteiger partial charge in [0.15, 0.2) is 0 Å². The average Bonchev–Trinajstić information content (AvgIpc) is 2.53. The second-order valence-corrected chi connectivity index (χ2v) is 5.69. The molecule has 2 fully saturated rings. The summed E-state index contributed by atoms with van der Waals surface area (Å²) in [6.07, 6.45) is 3.95. The van der Waals surface area contributed by atoms with Gasteiger partial charge in [-0.2, -0.15) is 0 Å². The minimum Gasteiger partial charge on any atom is -0.502 e. The van der Waals surface area contributed by atoms with Crippen LogP contribution >= 0.6 is 0 Å². The minimum atomic E-state index is -0.686. The lowest BCUT2D eigenvalue weighted by atomic mass is 9.89. The van der Waals surface area contributed by atoms with Crippen molar-refractivity contribution in [3.8, 4) is 5.75 Å². The molecule has 7 heteroatoms. The maximum absolute atomic E-state index is 12.7. The third kappa shape index (κ3) is 2.52. The number of morpholine rings is 1. The van der Waals surface area contributed by atoms with Crippen molar-refractivity contribution in [3.05, 3.63) is 33.9 Å². The molecule has 1 aliphatic heterocycles. The van der Waals surface area contributed by atoms with Gasteiger partial charge < -0.3 is 14.7 Å². The molecule has 118 valence electrons. The number of phenolic OH excluding ortho intramolecular Hbond substituents is 1. The first-order valence-electron chi connectivity index (χ1n) is 7.48. The number of benzene rings is 1. The van der Waals surface area contributed by atoms with Crippen molar-refractivity contribution < 1.29 is 19.6 Å². The maximum Gasteiger partial charge on any atom is 0.311 e. The van der Waals surface area contributed by atoms with E-state index in [2.05, 4.69) is 0 Å². The van der Waals surface area contributed by atoms with Gasteiger partial charge in [0.2, 0.25) is 5.75 Å². The summed E-state index contributed by atoms with van der Waals surface area (Å²) in [4.78, 5) is 24.7. The highest BCUT2D eigenvalue weighted by Crippen LogP contribution is 2.33. The summed E-state index contributed by atoms with van der Waals surface area (Å²) in [7, 11) is 0. The third-order valence-electron chi connectivity index (χ3n) is 4.43. The Morgan fingerprint density at radius 3 is 2.91 bits per heavy atom. The summed E-state index contributed by atoms with van der Waals surface area (Å²) in [5.41, 5.74) is -0.459. The summed E-state index contributed by atoms with van der Waals surface area (Å²) in [6, 6.07) is 4.03. The van der Waals surface area contributed by atoms with Gasteiger partial charge in [-0.05, 0) is 18.9 Å². The number of carbonyl (C=O) groups excluding carboxylic acids is 1. The summed E-state index contributed by atoms with van der Waals surface area (Å²) in [5.74, 6) is -0.919. The van der Waals surface area contributed by atoms with Crippen LogP contribution in [0.15, 0.2) is 18.2 Å². The standard InChI is InChI=1S/C15H18N2O5/c18-14-10(4-3-6-12(14)17(20)21)15(19)16-8-9-22-13-7-2-1-5-11(13)16/h3-4,6,11,13,18H,1-2,5,7-9H2/t11-,13-/m1/s1. The quantitative estimate of drug-likeness (QED) is 0.667. The molecule has 0 radical (unpaired) electrons. The molecule has 1 saturated carbocycles. The number of carbonyl (C=O) groups is 1. The van der Waals surface area contributed by atoms with Gasteiger partial charge in [0.05, 0.1) is 29.2 Å². The highest BCUT2D eigenvalue weighted by atomic mass is 16.6. The molecule has 1 aliphatic carbocycles. The number of para-hydroxylation sites is 1. The van der Waals surface area contributed by atoms with Crippen molar-refractivity contribution in [2.45, 2.75) is 37.8 Å². The highest BCUT2D eigenvalue weighted by Gasteiger charge is 2.38. The molecule has 1 aromatic rings. The lowest BCUT2D eigenvalue weighted by molar-refractivity contribution is -0.385. The van der Waals surface area contributed by atoms with Crippen molar-refractivity contribution in [3.63, 3.8) is 0 Å². The number of rotatable bonds is 2. The first-order valence-corrected chi connectivity index (χ1v) is 7.48. The first-order chi connectivity index (χ1) is 10.6. The molecule has 1 saturated heterocycles. The zero-order valence-electron chi connectivity index (χ0n) is 12.1. The van der Waals surface area contributed by atoms with E-state index in [4.69, 9.17) is 4.74 Å². The number of nitrogens with zero attached hydrogens (tertiary/aromatic N) is 2. The fourth-order valence-electron chi connectivity index (χ4n) is 3.35. The van der Waals surface area contributed by atoms with Crippen LogP contribution in [0.2, 0.25) is 0 Å².